The molecule has 3 unspecified atom stereocenters. The molecule has 2 N–H and O–H groups in total. The Kier molecular flexibility index (Phi) is 4.74. The number of benzene rings is 1. The summed E-state index contributed by atoms with van der Waals surface area (Å²) in [7, 11) is 0. The first-order valence-corrected chi connectivity index (χ1v) is 10.8. The second-order valence-corrected chi connectivity index (χ2v) is 8.79. The van der Waals surface area contributed by atoms with Crippen molar-refractivity contribution in [2.45, 2.75) is 50.3 Å². The molecule has 3 aliphatic rings. The van der Waals surface area contributed by atoms with E-state index in [0.29, 0.717) is 5.22 Å². The minimum absolute atomic E-state index is 0.00838. The lowest BCUT2D eigenvalue weighted by molar-refractivity contribution is -0.0895. The number of allylic oxidation sites excluding steroid dienone is 2. The van der Waals surface area contributed by atoms with E-state index in [9.17, 15) is 5.11 Å². The van der Waals surface area contributed by atoms with Crippen LogP contribution in [-0.4, -0.2) is 39.6 Å². The van der Waals surface area contributed by atoms with Gasteiger partial charge in [-0.05, 0) is 54.3 Å². The van der Waals surface area contributed by atoms with E-state index in [-0.39, 0.29) is 18.2 Å². The monoisotopic (exact) mass is 416 g/mol. The molecule has 1 aliphatic carbocycles. The summed E-state index contributed by atoms with van der Waals surface area (Å²) in [6.45, 7) is 0. The summed E-state index contributed by atoms with van der Waals surface area (Å²) < 4.78 is 1.13. The van der Waals surface area contributed by atoms with Crippen molar-refractivity contribution in [1.29, 1.82) is 0 Å². The zero-order valence-electron chi connectivity index (χ0n) is 15.2. The molecule has 0 amide bonds. The van der Waals surface area contributed by atoms with Crippen LogP contribution in [0, 0.1) is 0 Å². The van der Waals surface area contributed by atoms with Gasteiger partial charge in [-0.25, -0.2) is 9.98 Å². The number of nitrogens with one attached hydrogen (secondary N) is 1. The molecule has 2 aliphatic heterocycles. The lowest BCUT2D eigenvalue weighted by atomic mass is 9.93. The second kappa shape index (κ2) is 7.39. The van der Waals surface area contributed by atoms with Crippen molar-refractivity contribution in [2.24, 2.45) is 4.99 Å². The number of rotatable bonds is 4. The van der Waals surface area contributed by atoms with Crippen molar-refractivity contribution < 1.29 is 9.94 Å². The molecule has 1 aromatic carbocycles. The van der Waals surface area contributed by atoms with Crippen molar-refractivity contribution in [3.05, 3.63) is 47.0 Å². The Bertz CT molecular complexity index is 986. The third kappa shape index (κ3) is 3.50. The molecular weight excluding hydrogens is 396 g/mol. The summed E-state index contributed by atoms with van der Waals surface area (Å²) in [4.78, 5) is 14.7. The number of anilines is 1. The molecule has 2 aromatic rings. The number of hydrogen-bond donors (Lipinski definition) is 2. The number of aliphatic imine (C=N–C) groups is 1. The molecule has 1 fully saturated rings. The van der Waals surface area contributed by atoms with E-state index in [1.54, 1.807) is 22.5 Å². The summed E-state index contributed by atoms with van der Waals surface area (Å²) in [5, 5.41) is 16.6. The normalized spacial score (nSPS) is 26.6. The third-order valence-corrected chi connectivity index (χ3v) is 6.54. The Balaban J connectivity index is 1.31. The average molecular weight is 417 g/mol. The van der Waals surface area contributed by atoms with Crippen LogP contribution in [-0.2, 0) is 11.3 Å². The number of aliphatic hydroxyl groups excluding tert-OH is 1. The average Bonchev–Trinajstić information content (AvgIpc) is 3.27. The van der Waals surface area contributed by atoms with Crippen molar-refractivity contribution in [3.8, 4) is 0 Å². The number of hydrogen-bond acceptors (Lipinski definition) is 7. The van der Waals surface area contributed by atoms with E-state index in [2.05, 4.69) is 28.5 Å². The first-order chi connectivity index (χ1) is 13.7. The SMILES string of the molecule is OC1CCCCC1Nc1nc2ccc(CC3C=NC4=CC=C(Cl)ON43)cc2s1. The van der Waals surface area contributed by atoms with Crippen LogP contribution in [0.25, 0.3) is 10.2 Å². The summed E-state index contributed by atoms with van der Waals surface area (Å²) in [6, 6.07) is 6.43. The Labute approximate surface area is 172 Å². The van der Waals surface area contributed by atoms with E-state index in [4.69, 9.17) is 21.4 Å². The Morgan fingerprint density at radius 3 is 3.07 bits per heavy atom. The maximum atomic E-state index is 10.2. The van der Waals surface area contributed by atoms with Gasteiger partial charge in [-0.1, -0.05) is 30.2 Å². The van der Waals surface area contributed by atoms with Gasteiger partial charge >= 0.3 is 0 Å². The molecule has 3 atom stereocenters. The molecule has 6 nitrogen and oxygen atoms in total. The van der Waals surface area contributed by atoms with Crippen molar-refractivity contribution in [2.75, 3.05) is 5.32 Å². The number of halogens is 1. The fraction of sp³-hybridized carbons (Fsp3) is 0.400. The highest BCUT2D eigenvalue weighted by Crippen LogP contribution is 2.32. The van der Waals surface area contributed by atoms with Gasteiger partial charge in [0.2, 0.25) is 5.22 Å². The first kappa shape index (κ1) is 18.0. The van der Waals surface area contributed by atoms with Crippen molar-refractivity contribution in [1.82, 2.24) is 10.0 Å². The number of nitrogens with zero attached hydrogens (tertiary/aromatic N) is 3. The molecule has 0 saturated heterocycles. The van der Waals surface area contributed by atoms with E-state index in [1.165, 1.54) is 5.56 Å². The summed E-state index contributed by atoms with van der Waals surface area (Å²) in [5.41, 5.74) is 2.16. The molecule has 5 rings (SSSR count). The first-order valence-electron chi connectivity index (χ1n) is 9.59. The Morgan fingerprint density at radius 1 is 1.29 bits per heavy atom. The summed E-state index contributed by atoms with van der Waals surface area (Å²) in [6.07, 6.45) is 10.0. The molecular formula is C20H21ClN4O2S. The number of thiazole rings is 1. The molecule has 0 spiro atoms. The zero-order valence-corrected chi connectivity index (χ0v) is 16.8. The molecule has 0 radical (unpaired) electrons. The van der Waals surface area contributed by atoms with Crippen LogP contribution in [0.5, 0.6) is 0 Å². The maximum absolute atomic E-state index is 10.2. The molecule has 28 heavy (non-hydrogen) atoms. The second-order valence-electron chi connectivity index (χ2n) is 7.39. The summed E-state index contributed by atoms with van der Waals surface area (Å²) in [5.74, 6) is 0.769. The van der Waals surface area contributed by atoms with Crippen LogP contribution in [0.1, 0.15) is 31.2 Å². The predicted molar refractivity (Wildman–Crippen MR) is 112 cm³/mol. The van der Waals surface area contributed by atoms with Crippen LogP contribution in [0.2, 0.25) is 0 Å². The van der Waals surface area contributed by atoms with Gasteiger partial charge in [0.15, 0.2) is 11.0 Å². The fourth-order valence-corrected chi connectivity index (χ4v) is 5.05. The molecule has 1 aromatic heterocycles. The molecule has 1 saturated carbocycles. The van der Waals surface area contributed by atoms with Crippen LogP contribution < -0.4 is 5.32 Å². The van der Waals surface area contributed by atoms with E-state index in [0.717, 1.165) is 53.3 Å². The topological polar surface area (TPSA) is 70.0 Å². The van der Waals surface area contributed by atoms with Gasteiger partial charge in [0, 0.05) is 12.6 Å². The van der Waals surface area contributed by atoms with Crippen LogP contribution in [0.3, 0.4) is 0 Å². The summed E-state index contributed by atoms with van der Waals surface area (Å²) >= 11 is 7.62. The van der Waals surface area contributed by atoms with Crippen molar-refractivity contribution in [3.63, 3.8) is 0 Å². The minimum atomic E-state index is -0.286. The van der Waals surface area contributed by atoms with Gasteiger partial charge in [-0.2, -0.15) is 5.06 Å². The van der Waals surface area contributed by atoms with E-state index < -0.39 is 0 Å². The van der Waals surface area contributed by atoms with E-state index in [1.807, 2.05) is 12.3 Å². The third-order valence-electron chi connectivity index (χ3n) is 5.39. The lowest BCUT2D eigenvalue weighted by Crippen LogP contribution is -2.36. The molecule has 8 heteroatoms. The van der Waals surface area contributed by atoms with Gasteiger partial charge < -0.3 is 15.3 Å². The van der Waals surface area contributed by atoms with Gasteiger partial charge in [0.05, 0.1) is 22.4 Å². The van der Waals surface area contributed by atoms with Gasteiger partial charge in [-0.15, -0.1) is 0 Å². The van der Waals surface area contributed by atoms with Crippen LogP contribution in [0.4, 0.5) is 5.13 Å². The van der Waals surface area contributed by atoms with Crippen LogP contribution in [0.15, 0.2) is 46.4 Å². The highest BCUT2D eigenvalue weighted by atomic mass is 35.5. The van der Waals surface area contributed by atoms with Gasteiger partial charge in [0.25, 0.3) is 0 Å². The lowest BCUT2D eigenvalue weighted by Gasteiger charge is -2.27. The number of fused-ring (bicyclic) bond motifs is 2. The maximum Gasteiger partial charge on any atom is 0.221 e. The fourth-order valence-electron chi connectivity index (χ4n) is 3.92. The van der Waals surface area contributed by atoms with Crippen LogP contribution >= 0.6 is 22.9 Å². The number of aromatic nitrogens is 1. The van der Waals surface area contributed by atoms with Crippen molar-refractivity contribution >= 4 is 44.5 Å². The highest BCUT2D eigenvalue weighted by Gasteiger charge is 2.29. The quantitative estimate of drug-likeness (QED) is 0.782. The molecule has 0 bridgehead atoms. The largest absolute Gasteiger partial charge is 0.391 e. The Hall–Kier alpha value is -2.09. The number of hydroxylamine groups is 2. The standard InChI is InChI=1S/C20H21ClN4O2S/c21-18-7-8-19-22-11-13(25(19)27-18)9-12-5-6-15-17(10-12)28-20(24-15)23-14-3-1-2-4-16(14)26/h5-8,10-11,13-14,16,26H,1-4,9H2,(H,23,24). The predicted octanol–water partition coefficient (Wildman–Crippen LogP) is 4.18. The van der Waals surface area contributed by atoms with Gasteiger partial charge in [-0.3, -0.25) is 0 Å². The Morgan fingerprint density at radius 2 is 2.18 bits per heavy atom. The zero-order chi connectivity index (χ0) is 19.1. The molecule has 3 heterocycles. The van der Waals surface area contributed by atoms with E-state index >= 15 is 0 Å². The highest BCUT2D eigenvalue weighted by molar-refractivity contribution is 7.22. The van der Waals surface area contributed by atoms with Gasteiger partial charge in [0.1, 0.15) is 6.04 Å². The number of aliphatic hydroxyl groups is 1. The smallest absolute Gasteiger partial charge is 0.221 e. The minimum Gasteiger partial charge on any atom is -0.391 e. The molecule has 146 valence electrons.